The van der Waals surface area contributed by atoms with Crippen molar-refractivity contribution in [1.29, 1.82) is 0 Å². The lowest BCUT2D eigenvalue weighted by Gasteiger charge is -2.16. The van der Waals surface area contributed by atoms with Crippen LogP contribution in [0.1, 0.15) is 13.3 Å². The molecule has 0 fully saturated rings. The molecule has 5 N–H and O–H groups in total. The zero-order valence-electron chi connectivity index (χ0n) is 10.8. The standard InChI is InChI=1S/C9H18NO9P/c1-2-8(12)17-3-6(11)4-18-20(15,16)19-5-7(10)9(13)14/h6-7,11H,2-5,10H2,1H3,(H,13,14)(H,15,16)/t6-,7+/m1/s1. The average Bonchev–Trinajstić information content (AvgIpc) is 2.39. The number of carbonyl (C=O) groups is 2. The molecule has 0 bridgehead atoms. The molecular formula is C9H18NO9P. The number of nitrogens with two attached hydrogens (primary N) is 1. The molecule has 0 heterocycles. The molecule has 20 heavy (non-hydrogen) atoms. The largest absolute Gasteiger partial charge is 0.480 e. The van der Waals surface area contributed by atoms with E-state index in [-0.39, 0.29) is 6.42 Å². The zero-order valence-corrected chi connectivity index (χ0v) is 11.7. The zero-order chi connectivity index (χ0) is 15.8. The van der Waals surface area contributed by atoms with Crippen LogP contribution in [0.3, 0.4) is 0 Å². The molecule has 0 spiro atoms. The van der Waals surface area contributed by atoms with E-state index in [9.17, 15) is 19.3 Å². The molecule has 0 aromatic rings. The number of rotatable bonds is 10. The quantitative estimate of drug-likeness (QED) is 0.285. The van der Waals surface area contributed by atoms with Crippen LogP contribution in [-0.2, 0) is 27.9 Å². The van der Waals surface area contributed by atoms with Gasteiger partial charge in [0, 0.05) is 6.42 Å². The van der Waals surface area contributed by atoms with Gasteiger partial charge in [0.2, 0.25) is 0 Å². The Balaban J connectivity index is 3.99. The van der Waals surface area contributed by atoms with Crippen molar-refractivity contribution in [2.45, 2.75) is 25.5 Å². The molecule has 3 atom stereocenters. The first kappa shape index (κ1) is 19.0. The van der Waals surface area contributed by atoms with Crippen LogP contribution in [0.25, 0.3) is 0 Å². The molecule has 11 heteroatoms. The third-order valence-electron chi connectivity index (χ3n) is 1.89. The molecule has 0 aromatic carbocycles. The summed E-state index contributed by atoms with van der Waals surface area (Å²) in [5.74, 6) is -1.95. The predicted molar refractivity (Wildman–Crippen MR) is 64.6 cm³/mol. The van der Waals surface area contributed by atoms with Gasteiger partial charge in [0.05, 0.1) is 13.2 Å². The van der Waals surface area contributed by atoms with E-state index in [1.165, 1.54) is 0 Å². The molecule has 0 aliphatic carbocycles. The lowest BCUT2D eigenvalue weighted by molar-refractivity contribution is -0.146. The van der Waals surface area contributed by atoms with E-state index in [1.807, 2.05) is 0 Å². The van der Waals surface area contributed by atoms with Crippen molar-refractivity contribution in [3.8, 4) is 0 Å². The van der Waals surface area contributed by atoms with Crippen molar-refractivity contribution in [3.05, 3.63) is 0 Å². The maximum Gasteiger partial charge on any atom is 0.472 e. The molecule has 0 rings (SSSR count). The van der Waals surface area contributed by atoms with Crippen LogP contribution in [0.5, 0.6) is 0 Å². The number of carboxylic acid groups (broad SMARTS) is 1. The average molecular weight is 315 g/mol. The van der Waals surface area contributed by atoms with Gasteiger partial charge in [0.15, 0.2) is 0 Å². The number of phosphoric acid groups is 1. The highest BCUT2D eigenvalue weighted by atomic mass is 31.2. The lowest BCUT2D eigenvalue weighted by atomic mass is 10.3. The number of hydrogen-bond donors (Lipinski definition) is 4. The summed E-state index contributed by atoms with van der Waals surface area (Å²) in [6, 6.07) is -1.48. The van der Waals surface area contributed by atoms with Gasteiger partial charge in [0.25, 0.3) is 0 Å². The second-order valence-electron chi connectivity index (χ2n) is 3.70. The molecule has 0 aromatic heterocycles. The van der Waals surface area contributed by atoms with Gasteiger partial charge in [-0.1, -0.05) is 6.92 Å². The van der Waals surface area contributed by atoms with Crippen molar-refractivity contribution < 1.29 is 43.0 Å². The monoisotopic (exact) mass is 315 g/mol. The lowest BCUT2D eigenvalue weighted by Crippen LogP contribution is -2.34. The first-order valence-electron chi connectivity index (χ1n) is 5.62. The van der Waals surface area contributed by atoms with E-state index in [0.29, 0.717) is 0 Å². The maximum atomic E-state index is 11.3. The fraction of sp³-hybridized carbons (Fsp3) is 0.778. The van der Waals surface area contributed by atoms with Crippen LogP contribution in [0.2, 0.25) is 0 Å². The summed E-state index contributed by atoms with van der Waals surface area (Å²) in [4.78, 5) is 30.3. The van der Waals surface area contributed by atoms with Gasteiger partial charge in [-0.2, -0.15) is 0 Å². The first-order chi connectivity index (χ1) is 9.18. The highest BCUT2D eigenvalue weighted by Crippen LogP contribution is 2.43. The van der Waals surface area contributed by atoms with Crippen LogP contribution in [-0.4, -0.2) is 59.0 Å². The number of carbonyl (C=O) groups excluding carboxylic acids is 1. The summed E-state index contributed by atoms with van der Waals surface area (Å²) in [6.07, 6.45) is -1.19. The minimum atomic E-state index is -4.54. The van der Waals surface area contributed by atoms with Crippen LogP contribution < -0.4 is 5.73 Å². The SMILES string of the molecule is CCC(=O)OC[C@@H](O)COP(=O)(O)OC[C@H](N)C(=O)O. The molecule has 0 aliphatic heterocycles. The second kappa shape index (κ2) is 9.01. The number of hydrogen-bond acceptors (Lipinski definition) is 8. The number of aliphatic hydroxyl groups is 1. The Morgan fingerprint density at radius 1 is 1.25 bits per heavy atom. The van der Waals surface area contributed by atoms with E-state index >= 15 is 0 Å². The number of aliphatic carboxylic acids is 1. The number of phosphoric ester groups is 1. The Labute approximate surface area is 115 Å². The van der Waals surface area contributed by atoms with Gasteiger partial charge < -0.3 is 25.6 Å². The summed E-state index contributed by atoms with van der Waals surface area (Å²) in [5.41, 5.74) is 5.06. The van der Waals surface area contributed by atoms with Gasteiger partial charge in [-0.3, -0.25) is 18.6 Å². The smallest absolute Gasteiger partial charge is 0.472 e. The van der Waals surface area contributed by atoms with Gasteiger partial charge in [0.1, 0.15) is 18.8 Å². The number of aliphatic hydroxyl groups excluding tert-OH is 1. The minimum absolute atomic E-state index is 0.127. The Hall–Kier alpha value is -1.03. The normalized spacial score (nSPS) is 17.0. The first-order valence-corrected chi connectivity index (χ1v) is 7.11. The molecule has 0 amide bonds. The fourth-order valence-corrected chi connectivity index (χ4v) is 1.59. The van der Waals surface area contributed by atoms with E-state index in [2.05, 4.69) is 13.8 Å². The van der Waals surface area contributed by atoms with Gasteiger partial charge in [-0.15, -0.1) is 0 Å². The third kappa shape index (κ3) is 8.97. The van der Waals surface area contributed by atoms with Crippen LogP contribution in [0.15, 0.2) is 0 Å². The molecule has 1 unspecified atom stereocenters. The summed E-state index contributed by atoms with van der Waals surface area (Å²) in [5, 5.41) is 17.8. The van der Waals surface area contributed by atoms with Crippen LogP contribution in [0.4, 0.5) is 0 Å². The van der Waals surface area contributed by atoms with Gasteiger partial charge in [-0.25, -0.2) is 4.57 Å². The highest BCUT2D eigenvalue weighted by molar-refractivity contribution is 7.47. The third-order valence-corrected chi connectivity index (χ3v) is 2.84. The van der Waals surface area contributed by atoms with Gasteiger partial charge >= 0.3 is 19.8 Å². The fourth-order valence-electron chi connectivity index (χ4n) is 0.803. The van der Waals surface area contributed by atoms with Crippen molar-refractivity contribution >= 4 is 19.8 Å². The van der Waals surface area contributed by atoms with E-state index in [4.69, 9.17) is 15.7 Å². The van der Waals surface area contributed by atoms with Crippen molar-refractivity contribution in [2.24, 2.45) is 5.73 Å². The van der Waals surface area contributed by atoms with Crippen LogP contribution in [0, 0.1) is 0 Å². The molecule has 0 saturated heterocycles. The van der Waals surface area contributed by atoms with Gasteiger partial charge in [-0.05, 0) is 0 Å². The van der Waals surface area contributed by atoms with E-state index in [1.54, 1.807) is 6.92 Å². The molecule has 10 nitrogen and oxygen atoms in total. The summed E-state index contributed by atoms with van der Waals surface area (Å²) < 4.78 is 24.6. The maximum absolute atomic E-state index is 11.3. The molecule has 118 valence electrons. The molecular weight excluding hydrogens is 297 g/mol. The Kier molecular flexibility index (Phi) is 8.54. The Morgan fingerprint density at radius 3 is 2.30 bits per heavy atom. The summed E-state index contributed by atoms with van der Waals surface area (Å²) in [6.45, 7) is -0.203. The molecule has 0 radical (unpaired) electrons. The van der Waals surface area contributed by atoms with Crippen molar-refractivity contribution in [1.82, 2.24) is 0 Å². The van der Waals surface area contributed by atoms with E-state index in [0.717, 1.165) is 0 Å². The Morgan fingerprint density at radius 2 is 1.80 bits per heavy atom. The molecule has 0 saturated carbocycles. The van der Waals surface area contributed by atoms with Crippen LogP contribution >= 0.6 is 7.82 Å². The molecule has 0 aliphatic rings. The minimum Gasteiger partial charge on any atom is -0.480 e. The number of esters is 1. The summed E-state index contributed by atoms with van der Waals surface area (Å²) >= 11 is 0. The predicted octanol–water partition coefficient (Wildman–Crippen LogP) is -1.15. The topological polar surface area (TPSA) is 166 Å². The number of carboxylic acids is 1. The Bertz CT molecular complexity index is 374. The number of ether oxygens (including phenoxy) is 1. The summed E-state index contributed by atoms with van der Waals surface area (Å²) in [7, 11) is -4.54. The second-order valence-corrected chi connectivity index (χ2v) is 5.15. The van der Waals surface area contributed by atoms with Crippen molar-refractivity contribution in [3.63, 3.8) is 0 Å². The van der Waals surface area contributed by atoms with E-state index < -0.39 is 51.7 Å². The van der Waals surface area contributed by atoms with Crippen molar-refractivity contribution in [2.75, 3.05) is 19.8 Å². The highest BCUT2D eigenvalue weighted by Gasteiger charge is 2.25.